The third kappa shape index (κ3) is 7.49. The molecule has 0 spiro atoms. The van der Waals surface area contributed by atoms with E-state index in [1.807, 2.05) is 30.2 Å². The Labute approximate surface area is 116 Å². The quantitative estimate of drug-likeness (QED) is 0.429. The molecule has 108 valence electrons. The Bertz CT molecular complexity index is 343. The van der Waals surface area contributed by atoms with Gasteiger partial charge < -0.3 is 10.6 Å². The van der Waals surface area contributed by atoms with Crippen LogP contribution >= 0.6 is 0 Å². The van der Waals surface area contributed by atoms with Crippen molar-refractivity contribution in [3.05, 3.63) is 18.5 Å². The average Bonchev–Trinajstić information content (AvgIpc) is 2.89. The van der Waals surface area contributed by atoms with Gasteiger partial charge in [0, 0.05) is 39.1 Å². The highest BCUT2D eigenvalue weighted by Gasteiger charge is 1.98. The van der Waals surface area contributed by atoms with Crippen LogP contribution in [0.25, 0.3) is 0 Å². The first-order valence-corrected chi connectivity index (χ1v) is 7.14. The second-order valence-electron chi connectivity index (χ2n) is 5.08. The van der Waals surface area contributed by atoms with Crippen molar-refractivity contribution in [1.82, 2.24) is 20.4 Å². The van der Waals surface area contributed by atoms with Crippen LogP contribution in [0.1, 0.15) is 33.1 Å². The van der Waals surface area contributed by atoms with E-state index in [2.05, 4.69) is 34.6 Å². The van der Waals surface area contributed by atoms with E-state index in [-0.39, 0.29) is 0 Å². The fourth-order valence-corrected chi connectivity index (χ4v) is 1.82. The Balaban J connectivity index is 2.05. The average molecular weight is 265 g/mol. The monoisotopic (exact) mass is 265 g/mol. The van der Waals surface area contributed by atoms with Crippen LogP contribution in [0.5, 0.6) is 0 Å². The molecule has 0 radical (unpaired) electrons. The molecular weight excluding hydrogens is 238 g/mol. The van der Waals surface area contributed by atoms with Crippen molar-refractivity contribution < 1.29 is 0 Å². The largest absolute Gasteiger partial charge is 0.356 e. The van der Waals surface area contributed by atoms with Gasteiger partial charge in [0.05, 0.1) is 0 Å². The minimum atomic E-state index is 0.769. The third-order valence-corrected chi connectivity index (χ3v) is 2.89. The number of guanidine groups is 1. The van der Waals surface area contributed by atoms with E-state index >= 15 is 0 Å². The molecule has 1 aromatic heterocycles. The molecule has 2 N–H and O–H groups in total. The lowest BCUT2D eigenvalue weighted by molar-refractivity contribution is 0.546. The molecule has 0 fully saturated rings. The van der Waals surface area contributed by atoms with E-state index in [9.17, 15) is 0 Å². The summed E-state index contributed by atoms with van der Waals surface area (Å²) in [6.45, 7) is 7.33. The molecular formula is C14H27N5. The van der Waals surface area contributed by atoms with Gasteiger partial charge in [-0.05, 0) is 31.2 Å². The van der Waals surface area contributed by atoms with Gasteiger partial charge in [0.2, 0.25) is 0 Å². The molecule has 19 heavy (non-hydrogen) atoms. The predicted octanol–water partition coefficient (Wildman–Crippen LogP) is 1.87. The number of aryl methyl sites for hydroxylation is 1. The van der Waals surface area contributed by atoms with Gasteiger partial charge in [-0.25, -0.2) is 0 Å². The lowest BCUT2D eigenvalue weighted by Gasteiger charge is -2.12. The molecule has 1 heterocycles. The normalized spacial score (nSPS) is 11.9. The fraction of sp³-hybridized carbons (Fsp3) is 0.714. The van der Waals surface area contributed by atoms with Crippen LogP contribution in [0.15, 0.2) is 23.5 Å². The van der Waals surface area contributed by atoms with Crippen molar-refractivity contribution >= 4 is 5.96 Å². The molecule has 0 aromatic carbocycles. The van der Waals surface area contributed by atoms with Crippen LogP contribution in [-0.4, -0.2) is 35.9 Å². The van der Waals surface area contributed by atoms with Gasteiger partial charge in [-0.1, -0.05) is 13.8 Å². The molecule has 0 saturated heterocycles. The van der Waals surface area contributed by atoms with Gasteiger partial charge >= 0.3 is 0 Å². The van der Waals surface area contributed by atoms with Crippen LogP contribution in [-0.2, 0) is 6.54 Å². The Hall–Kier alpha value is -1.52. The minimum absolute atomic E-state index is 0.769. The summed E-state index contributed by atoms with van der Waals surface area (Å²) in [6, 6.07) is 1.95. The van der Waals surface area contributed by atoms with E-state index in [1.165, 1.54) is 12.8 Å². The number of hydrogen-bond acceptors (Lipinski definition) is 2. The highest BCUT2D eigenvalue weighted by atomic mass is 15.3. The van der Waals surface area contributed by atoms with Gasteiger partial charge in [0.25, 0.3) is 0 Å². The molecule has 0 aliphatic carbocycles. The van der Waals surface area contributed by atoms with Crippen molar-refractivity contribution in [2.24, 2.45) is 10.9 Å². The molecule has 0 aliphatic rings. The minimum Gasteiger partial charge on any atom is -0.356 e. The van der Waals surface area contributed by atoms with Crippen molar-refractivity contribution in [2.45, 2.75) is 39.7 Å². The van der Waals surface area contributed by atoms with E-state index < -0.39 is 0 Å². The Morgan fingerprint density at radius 3 is 2.58 bits per heavy atom. The summed E-state index contributed by atoms with van der Waals surface area (Å²) in [6.07, 6.45) is 7.27. The zero-order valence-electron chi connectivity index (χ0n) is 12.4. The maximum Gasteiger partial charge on any atom is 0.190 e. The van der Waals surface area contributed by atoms with Gasteiger partial charge in [0.15, 0.2) is 5.96 Å². The molecule has 1 aromatic rings. The smallest absolute Gasteiger partial charge is 0.190 e. The summed E-state index contributed by atoms with van der Waals surface area (Å²) in [5.41, 5.74) is 0. The van der Waals surface area contributed by atoms with Crippen LogP contribution in [0.3, 0.4) is 0 Å². The topological polar surface area (TPSA) is 54.2 Å². The maximum absolute atomic E-state index is 4.21. The van der Waals surface area contributed by atoms with Crippen LogP contribution in [0, 0.1) is 5.92 Å². The molecule has 0 bridgehead atoms. The lowest BCUT2D eigenvalue weighted by Crippen LogP contribution is -2.38. The summed E-state index contributed by atoms with van der Waals surface area (Å²) in [7, 11) is 1.81. The van der Waals surface area contributed by atoms with Crippen LogP contribution < -0.4 is 10.6 Å². The van der Waals surface area contributed by atoms with Gasteiger partial charge in [0.1, 0.15) is 0 Å². The summed E-state index contributed by atoms with van der Waals surface area (Å²) < 4.78 is 1.94. The Morgan fingerprint density at radius 1 is 1.26 bits per heavy atom. The molecule has 0 amide bonds. The SMILES string of the molecule is CN=C(NCCCC(C)C)NCCCn1cccn1. The first kappa shape index (κ1) is 15.5. The number of nitrogens with one attached hydrogen (secondary N) is 2. The molecule has 0 atom stereocenters. The summed E-state index contributed by atoms with van der Waals surface area (Å²) >= 11 is 0. The highest BCUT2D eigenvalue weighted by molar-refractivity contribution is 5.79. The number of hydrogen-bond donors (Lipinski definition) is 2. The Morgan fingerprint density at radius 2 is 2.00 bits per heavy atom. The predicted molar refractivity (Wildman–Crippen MR) is 80.3 cm³/mol. The Kier molecular flexibility index (Phi) is 7.70. The first-order valence-electron chi connectivity index (χ1n) is 7.14. The van der Waals surface area contributed by atoms with Crippen LogP contribution in [0.2, 0.25) is 0 Å². The van der Waals surface area contributed by atoms with Crippen molar-refractivity contribution in [2.75, 3.05) is 20.1 Å². The van der Waals surface area contributed by atoms with E-state index in [4.69, 9.17) is 0 Å². The van der Waals surface area contributed by atoms with Gasteiger partial charge in [-0.2, -0.15) is 5.10 Å². The van der Waals surface area contributed by atoms with E-state index in [0.717, 1.165) is 37.9 Å². The molecule has 0 unspecified atom stereocenters. The first-order chi connectivity index (χ1) is 9.22. The summed E-state index contributed by atoms with van der Waals surface area (Å²) in [5.74, 6) is 1.66. The molecule has 0 saturated carbocycles. The summed E-state index contributed by atoms with van der Waals surface area (Å²) in [4.78, 5) is 4.21. The number of aromatic nitrogens is 2. The number of rotatable bonds is 8. The second kappa shape index (κ2) is 9.42. The van der Waals surface area contributed by atoms with E-state index in [1.54, 1.807) is 0 Å². The van der Waals surface area contributed by atoms with Crippen LogP contribution in [0.4, 0.5) is 0 Å². The number of aliphatic imine (C=N–C) groups is 1. The summed E-state index contributed by atoms with van der Waals surface area (Å²) in [5, 5.41) is 10.8. The van der Waals surface area contributed by atoms with E-state index in [0.29, 0.717) is 0 Å². The molecule has 5 heteroatoms. The third-order valence-electron chi connectivity index (χ3n) is 2.89. The zero-order valence-corrected chi connectivity index (χ0v) is 12.4. The maximum atomic E-state index is 4.21. The molecule has 1 rings (SSSR count). The molecule has 0 aliphatic heterocycles. The van der Waals surface area contributed by atoms with Gasteiger partial charge in [-0.3, -0.25) is 9.67 Å². The second-order valence-corrected chi connectivity index (χ2v) is 5.08. The van der Waals surface area contributed by atoms with Gasteiger partial charge in [-0.15, -0.1) is 0 Å². The van der Waals surface area contributed by atoms with Crippen molar-refractivity contribution in [3.63, 3.8) is 0 Å². The zero-order chi connectivity index (χ0) is 13.9. The standard InChI is InChI=1S/C14H27N5/c1-13(2)7-4-8-16-14(15-3)17-9-5-11-19-12-6-10-18-19/h6,10,12-13H,4-5,7-9,11H2,1-3H3,(H2,15,16,17). The number of nitrogens with zero attached hydrogens (tertiary/aromatic N) is 3. The van der Waals surface area contributed by atoms with Crippen molar-refractivity contribution in [1.29, 1.82) is 0 Å². The van der Waals surface area contributed by atoms with Crippen molar-refractivity contribution in [3.8, 4) is 0 Å². The fourth-order valence-electron chi connectivity index (χ4n) is 1.82. The lowest BCUT2D eigenvalue weighted by atomic mass is 10.1. The molecule has 5 nitrogen and oxygen atoms in total. The highest BCUT2D eigenvalue weighted by Crippen LogP contribution is 2.01.